The molecule has 16 heavy (non-hydrogen) atoms. The van der Waals surface area contributed by atoms with Crippen molar-refractivity contribution in [3.8, 4) is 0 Å². The molecule has 0 aromatic carbocycles. The zero-order chi connectivity index (χ0) is 11.5. The zero-order valence-electron chi connectivity index (χ0n) is 9.61. The van der Waals surface area contributed by atoms with Gasteiger partial charge in [-0.15, -0.1) is 0 Å². The topological polar surface area (TPSA) is 66.0 Å². The van der Waals surface area contributed by atoms with Crippen molar-refractivity contribution in [2.75, 3.05) is 18.0 Å². The minimum atomic E-state index is 0.277. The molecule has 1 aliphatic rings. The van der Waals surface area contributed by atoms with Crippen LogP contribution in [0.5, 0.6) is 0 Å². The summed E-state index contributed by atoms with van der Waals surface area (Å²) in [6, 6.07) is 4.15. The number of anilines is 1. The number of amidine groups is 1. The smallest absolute Gasteiger partial charge is 0.0938 e. The van der Waals surface area contributed by atoms with E-state index in [-0.39, 0.29) is 5.92 Å². The van der Waals surface area contributed by atoms with Crippen molar-refractivity contribution in [3.63, 3.8) is 0 Å². The summed E-state index contributed by atoms with van der Waals surface area (Å²) in [5, 5.41) is 7.44. The van der Waals surface area contributed by atoms with Gasteiger partial charge in [0.25, 0.3) is 0 Å². The monoisotopic (exact) mass is 218 g/mol. The molecule has 1 saturated heterocycles. The van der Waals surface area contributed by atoms with Gasteiger partial charge in [0.05, 0.1) is 5.84 Å². The van der Waals surface area contributed by atoms with Crippen LogP contribution in [0, 0.1) is 18.3 Å². The Balaban J connectivity index is 2.01. The fourth-order valence-electron chi connectivity index (χ4n) is 2.18. The number of hydrogen-bond donors (Lipinski definition) is 2. The van der Waals surface area contributed by atoms with Crippen LogP contribution in [0.4, 0.5) is 5.69 Å². The normalized spacial score (nSPS) is 17.4. The van der Waals surface area contributed by atoms with E-state index in [1.165, 1.54) is 5.69 Å². The highest BCUT2D eigenvalue weighted by Gasteiger charge is 2.21. The molecule has 2 heterocycles. The van der Waals surface area contributed by atoms with Crippen LogP contribution in [-0.2, 0) is 0 Å². The Bertz CT molecular complexity index is 380. The van der Waals surface area contributed by atoms with Crippen molar-refractivity contribution in [1.29, 1.82) is 5.41 Å². The highest BCUT2D eigenvalue weighted by atomic mass is 15.1. The number of aryl methyl sites for hydroxylation is 1. The first-order valence-corrected chi connectivity index (χ1v) is 5.68. The van der Waals surface area contributed by atoms with E-state index < -0.39 is 0 Å². The third-order valence-electron chi connectivity index (χ3n) is 3.18. The van der Waals surface area contributed by atoms with Crippen LogP contribution in [-0.4, -0.2) is 23.9 Å². The zero-order valence-corrected chi connectivity index (χ0v) is 9.61. The Kier molecular flexibility index (Phi) is 3.08. The summed E-state index contributed by atoms with van der Waals surface area (Å²) in [4.78, 5) is 6.54. The van der Waals surface area contributed by atoms with Gasteiger partial charge in [-0.3, -0.25) is 10.4 Å². The van der Waals surface area contributed by atoms with Crippen molar-refractivity contribution in [3.05, 3.63) is 24.0 Å². The second-order valence-electron chi connectivity index (χ2n) is 4.37. The second-order valence-corrected chi connectivity index (χ2v) is 4.37. The molecule has 4 nitrogen and oxygen atoms in total. The Labute approximate surface area is 96.0 Å². The molecule has 0 bridgehead atoms. The molecule has 0 aliphatic carbocycles. The second kappa shape index (κ2) is 4.51. The maximum atomic E-state index is 7.44. The summed E-state index contributed by atoms with van der Waals surface area (Å²) in [7, 11) is 0. The number of rotatable bonds is 2. The van der Waals surface area contributed by atoms with Gasteiger partial charge in [0.15, 0.2) is 0 Å². The molecule has 0 saturated carbocycles. The van der Waals surface area contributed by atoms with E-state index in [1.807, 2.05) is 19.2 Å². The molecule has 1 aromatic heterocycles. The van der Waals surface area contributed by atoms with Gasteiger partial charge < -0.3 is 10.6 Å². The van der Waals surface area contributed by atoms with E-state index in [9.17, 15) is 0 Å². The molecule has 0 amide bonds. The van der Waals surface area contributed by atoms with Crippen LogP contribution in [0.25, 0.3) is 0 Å². The number of nitrogens with one attached hydrogen (secondary N) is 1. The van der Waals surface area contributed by atoms with Crippen molar-refractivity contribution in [2.24, 2.45) is 11.7 Å². The molecule has 3 N–H and O–H groups in total. The Hall–Kier alpha value is -1.58. The highest BCUT2D eigenvalue weighted by Crippen LogP contribution is 2.23. The van der Waals surface area contributed by atoms with Crippen molar-refractivity contribution < 1.29 is 0 Å². The van der Waals surface area contributed by atoms with Gasteiger partial charge in [-0.25, -0.2) is 0 Å². The molecule has 1 aliphatic heterocycles. The van der Waals surface area contributed by atoms with E-state index in [0.29, 0.717) is 5.84 Å². The van der Waals surface area contributed by atoms with E-state index in [0.717, 1.165) is 31.6 Å². The number of piperidine rings is 1. The molecule has 0 atom stereocenters. The van der Waals surface area contributed by atoms with Crippen LogP contribution in [0.3, 0.4) is 0 Å². The van der Waals surface area contributed by atoms with Gasteiger partial charge in [0.1, 0.15) is 0 Å². The molecule has 0 radical (unpaired) electrons. The van der Waals surface area contributed by atoms with Gasteiger partial charge in [-0.1, -0.05) is 0 Å². The van der Waals surface area contributed by atoms with E-state index in [2.05, 4.69) is 16.0 Å². The van der Waals surface area contributed by atoms with Gasteiger partial charge in [-0.2, -0.15) is 0 Å². The highest BCUT2D eigenvalue weighted by molar-refractivity contribution is 5.79. The lowest BCUT2D eigenvalue weighted by molar-refractivity contribution is 0.498. The molecular formula is C12H18N4. The fourth-order valence-corrected chi connectivity index (χ4v) is 2.18. The first kappa shape index (κ1) is 10.9. The predicted octanol–water partition coefficient (Wildman–Crippen LogP) is 1.54. The number of pyridine rings is 1. The van der Waals surface area contributed by atoms with Gasteiger partial charge in [0.2, 0.25) is 0 Å². The predicted molar refractivity (Wildman–Crippen MR) is 65.8 cm³/mol. The molecule has 0 unspecified atom stereocenters. The van der Waals surface area contributed by atoms with E-state index in [1.54, 1.807) is 0 Å². The minimum Gasteiger partial charge on any atom is -0.387 e. The SMILES string of the molecule is Cc1cc(N2CCC(C(=N)N)CC2)ccn1. The molecular weight excluding hydrogens is 200 g/mol. The first-order chi connectivity index (χ1) is 7.66. The summed E-state index contributed by atoms with van der Waals surface area (Å²) < 4.78 is 0. The lowest BCUT2D eigenvalue weighted by atomic mass is 9.95. The number of aromatic nitrogens is 1. The van der Waals surface area contributed by atoms with E-state index in [4.69, 9.17) is 11.1 Å². The lowest BCUT2D eigenvalue weighted by Gasteiger charge is -2.33. The summed E-state index contributed by atoms with van der Waals surface area (Å²) in [6.45, 7) is 3.97. The third-order valence-corrected chi connectivity index (χ3v) is 3.18. The maximum absolute atomic E-state index is 7.44. The quantitative estimate of drug-likeness (QED) is 0.584. The summed E-state index contributed by atoms with van der Waals surface area (Å²) >= 11 is 0. The van der Waals surface area contributed by atoms with Gasteiger partial charge >= 0.3 is 0 Å². The van der Waals surface area contributed by atoms with Crippen LogP contribution < -0.4 is 10.6 Å². The summed E-state index contributed by atoms with van der Waals surface area (Å²) in [5.41, 5.74) is 7.81. The maximum Gasteiger partial charge on any atom is 0.0938 e. The average Bonchev–Trinajstić information content (AvgIpc) is 2.29. The standard InChI is InChI=1S/C12H18N4/c1-9-8-11(2-5-15-9)16-6-3-10(4-7-16)12(13)14/h2,5,8,10H,3-4,6-7H2,1H3,(H3,13,14). The Morgan fingerprint density at radius 3 is 2.75 bits per heavy atom. The van der Waals surface area contributed by atoms with Crippen LogP contribution in [0.1, 0.15) is 18.5 Å². The Morgan fingerprint density at radius 1 is 1.50 bits per heavy atom. The fraction of sp³-hybridized carbons (Fsp3) is 0.500. The Morgan fingerprint density at radius 2 is 2.19 bits per heavy atom. The molecule has 1 aromatic rings. The van der Waals surface area contributed by atoms with Crippen molar-refractivity contribution in [1.82, 2.24) is 4.98 Å². The molecule has 2 rings (SSSR count). The number of nitrogens with zero attached hydrogens (tertiary/aromatic N) is 2. The first-order valence-electron chi connectivity index (χ1n) is 5.68. The number of nitrogens with two attached hydrogens (primary N) is 1. The van der Waals surface area contributed by atoms with Gasteiger partial charge in [0, 0.05) is 36.6 Å². The van der Waals surface area contributed by atoms with Crippen LogP contribution >= 0.6 is 0 Å². The largest absolute Gasteiger partial charge is 0.387 e. The summed E-state index contributed by atoms with van der Waals surface area (Å²) in [5.74, 6) is 0.616. The summed E-state index contributed by atoms with van der Waals surface area (Å²) in [6.07, 6.45) is 3.81. The van der Waals surface area contributed by atoms with Crippen molar-refractivity contribution >= 4 is 11.5 Å². The molecule has 4 heteroatoms. The van der Waals surface area contributed by atoms with Gasteiger partial charge in [-0.05, 0) is 31.9 Å². The molecule has 86 valence electrons. The third kappa shape index (κ3) is 2.32. The average molecular weight is 218 g/mol. The lowest BCUT2D eigenvalue weighted by Crippen LogP contribution is -2.38. The van der Waals surface area contributed by atoms with Crippen LogP contribution in [0.2, 0.25) is 0 Å². The minimum absolute atomic E-state index is 0.277. The van der Waals surface area contributed by atoms with Crippen molar-refractivity contribution in [2.45, 2.75) is 19.8 Å². The molecule has 0 spiro atoms. The molecule has 1 fully saturated rings. The van der Waals surface area contributed by atoms with E-state index >= 15 is 0 Å². The number of hydrogen-bond acceptors (Lipinski definition) is 3. The van der Waals surface area contributed by atoms with Crippen LogP contribution in [0.15, 0.2) is 18.3 Å².